The number of halogens is 1. The molecule has 1 saturated heterocycles. The van der Waals surface area contributed by atoms with Gasteiger partial charge in [-0.1, -0.05) is 6.07 Å². The molecule has 1 aliphatic heterocycles. The van der Waals surface area contributed by atoms with E-state index in [1.807, 2.05) is 0 Å². The molecule has 5 nitrogen and oxygen atoms in total. The first-order valence-electron chi connectivity index (χ1n) is 4.41. The molecular weight excluding hydrogens is 203 g/mol. The quantitative estimate of drug-likeness (QED) is 0.553. The summed E-state index contributed by atoms with van der Waals surface area (Å²) >= 11 is 0. The summed E-state index contributed by atoms with van der Waals surface area (Å²) in [5.41, 5.74) is -2.05. The molecule has 0 aliphatic carbocycles. The topological polar surface area (TPSA) is 75.4 Å². The van der Waals surface area contributed by atoms with E-state index >= 15 is 0 Å². The van der Waals surface area contributed by atoms with E-state index in [2.05, 4.69) is 5.32 Å². The molecule has 0 amide bonds. The maximum absolute atomic E-state index is 13.4. The maximum atomic E-state index is 13.4. The fraction of sp³-hybridized carbons (Fsp3) is 0.333. The Bertz CT molecular complexity index is 418. The van der Waals surface area contributed by atoms with E-state index < -0.39 is 16.3 Å². The summed E-state index contributed by atoms with van der Waals surface area (Å²) in [5, 5.41) is 23.3. The molecule has 1 aromatic rings. The second-order valence-electron chi connectivity index (χ2n) is 3.53. The van der Waals surface area contributed by atoms with Crippen molar-refractivity contribution in [3.8, 4) is 0 Å². The monoisotopic (exact) mass is 212 g/mol. The number of hydrogen-bond acceptors (Lipinski definition) is 4. The molecule has 15 heavy (non-hydrogen) atoms. The molecule has 1 aliphatic rings. The number of aliphatic hydroxyl groups is 1. The number of nitro groups is 1. The van der Waals surface area contributed by atoms with Crippen molar-refractivity contribution < 1.29 is 14.4 Å². The predicted octanol–water partition coefficient (Wildman–Crippen LogP) is 0.525. The van der Waals surface area contributed by atoms with E-state index in [4.69, 9.17) is 0 Å². The smallest absolute Gasteiger partial charge is 0.278 e. The summed E-state index contributed by atoms with van der Waals surface area (Å²) in [6.07, 6.45) is 0. The second-order valence-corrected chi connectivity index (χ2v) is 3.53. The Balaban J connectivity index is 2.57. The number of benzene rings is 1. The van der Waals surface area contributed by atoms with E-state index in [0.717, 1.165) is 6.07 Å². The fourth-order valence-corrected chi connectivity index (χ4v) is 1.66. The van der Waals surface area contributed by atoms with Crippen LogP contribution in [0.15, 0.2) is 18.2 Å². The van der Waals surface area contributed by atoms with Crippen LogP contribution in [0.2, 0.25) is 0 Å². The third-order valence-corrected chi connectivity index (χ3v) is 2.49. The lowest BCUT2D eigenvalue weighted by atomic mass is 9.86. The largest absolute Gasteiger partial charge is 0.382 e. The molecule has 0 radical (unpaired) electrons. The zero-order chi connectivity index (χ0) is 11.1. The molecule has 0 bridgehead atoms. The first-order valence-corrected chi connectivity index (χ1v) is 4.41. The van der Waals surface area contributed by atoms with Crippen LogP contribution >= 0.6 is 0 Å². The van der Waals surface area contributed by atoms with Crippen molar-refractivity contribution in [3.05, 3.63) is 39.7 Å². The molecule has 0 aromatic heterocycles. The van der Waals surface area contributed by atoms with Crippen molar-refractivity contribution in [1.29, 1.82) is 0 Å². The van der Waals surface area contributed by atoms with Crippen molar-refractivity contribution in [1.82, 2.24) is 5.32 Å². The van der Waals surface area contributed by atoms with Gasteiger partial charge in [-0.25, -0.2) is 4.39 Å². The molecule has 6 heteroatoms. The Hall–Kier alpha value is -1.53. The minimum Gasteiger partial charge on any atom is -0.382 e. The lowest BCUT2D eigenvalue weighted by Gasteiger charge is -2.37. The summed E-state index contributed by atoms with van der Waals surface area (Å²) in [4.78, 5) is 9.98. The van der Waals surface area contributed by atoms with Crippen LogP contribution in [-0.4, -0.2) is 23.1 Å². The van der Waals surface area contributed by atoms with Gasteiger partial charge in [-0.05, 0) is 6.07 Å². The highest BCUT2D eigenvalue weighted by atomic mass is 19.1. The number of nitro benzene ring substituents is 1. The van der Waals surface area contributed by atoms with Gasteiger partial charge in [-0.15, -0.1) is 0 Å². The normalized spacial score (nSPS) is 18.3. The van der Waals surface area contributed by atoms with Crippen LogP contribution in [0, 0.1) is 15.9 Å². The third kappa shape index (κ3) is 1.47. The van der Waals surface area contributed by atoms with Crippen LogP contribution in [0.1, 0.15) is 5.56 Å². The lowest BCUT2D eigenvalue weighted by Crippen LogP contribution is -2.57. The van der Waals surface area contributed by atoms with Crippen LogP contribution in [-0.2, 0) is 5.60 Å². The summed E-state index contributed by atoms with van der Waals surface area (Å²) < 4.78 is 13.4. The zero-order valence-corrected chi connectivity index (χ0v) is 7.74. The fourth-order valence-electron chi connectivity index (χ4n) is 1.66. The van der Waals surface area contributed by atoms with Gasteiger partial charge < -0.3 is 10.4 Å². The van der Waals surface area contributed by atoms with Gasteiger partial charge in [0.05, 0.1) is 10.5 Å². The Morgan fingerprint density at radius 2 is 2.20 bits per heavy atom. The minimum atomic E-state index is -1.45. The molecule has 1 heterocycles. The average molecular weight is 212 g/mol. The Kier molecular flexibility index (Phi) is 2.17. The highest BCUT2D eigenvalue weighted by Gasteiger charge is 2.43. The van der Waals surface area contributed by atoms with Crippen LogP contribution in [0.4, 0.5) is 10.1 Å². The highest BCUT2D eigenvalue weighted by Crippen LogP contribution is 2.34. The molecule has 2 N–H and O–H groups in total. The van der Waals surface area contributed by atoms with E-state index in [9.17, 15) is 19.6 Å². The standard InChI is InChI=1S/C9H9FN2O3/c10-6-2-1-3-7(12(14)15)8(6)9(13)4-11-5-9/h1-3,11,13H,4-5H2. The van der Waals surface area contributed by atoms with Crippen molar-refractivity contribution in [3.63, 3.8) is 0 Å². The van der Waals surface area contributed by atoms with Crippen molar-refractivity contribution in [2.24, 2.45) is 0 Å². The van der Waals surface area contributed by atoms with Crippen LogP contribution in [0.5, 0.6) is 0 Å². The number of hydrogen-bond donors (Lipinski definition) is 2. The Morgan fingerprint density at radius 3 is 2.67 bits per heavy atom. The van der Waals surface area contributed by atoms with Crippen molar-refractivity contribution in [2.45, 2.75) is 5.60 Å². The summed E-state index contributed by atoms with van der Waals surface area (Å²) in [6.45, 7) is 0.267. The van der Waals surface area contributed by atoms with Gasteiger partial charge in [-0.3, -0.25) is 10.1 Å². The highest BCUT2D eigenvalue weighted by molar-refractivity contribution is 5.46. The SMILES string of the molecule is O=[N+]([O-])c1cccc(F)c1C1(O)CNC1. The van der Waals surface area contributed by atoms with Crippen molar-refractivity contribution in [2.75, 3.05) is 13.1 Å². The van der Waals surface area contributed by atoms with Crippen LogP contribution < -0.4 is 5.32 Å². The summed E-state index contributed by atoms with van der Waals surface area (Å²) in [5.74, 6) is -0.742. The third-order valence-electron chi connectivity index (χ3n) is 2.49. The summed E-state index contributed by atoms with van der Waals surface area (Å²) in [6, 6.07) is 3.56. The number of rotatable bonds is 2. The maximum Gasteiger partial charge on any atom is 0.278 e. The van der Waals surface area contributed by atoms with Crippen molar-refractivity contribution >= 4 is 5.69 Å². The van der Waals surface area contributed by atoms with E-state index in [1.54, 1.807) is 0 Å². The zero-order valence-electron chi connectivity index (χ0n) is 7.74. The van der Waals surface area contributed by atoms with Gasteiger partial charge in [-0.2, -0.15) is 0 Å². The van der Waals surface area contributed by atoms with E-state index in [1.165, 1.54) is 12.1 Å². The molecular formula is C9H9FN2O3. The molecule has 0 unspecified atom stereocenters. The van der Waals surface area contributed by atoms with Gasteiger partial charge in [0, 0.05) is 19.2 Å². The Labute approximate surface area is 84.7 Å². The van der Waals surface area contributed by atoms with Gasteiger partial charge in [0.25, 0.3) is 5.69 Å². The molecule has 80 valence electrons. The Morgan fingerprint density at radius 1 is 1.53 bits per heavy atom. The number of nitrogens with zero attached hydrogens (tertiary/aromatic N) is 1. The van der Waals surface area contributed by atoms with Crippen LogP contribution in [0.25, 0.3) is 0 Å². The first kappa shape index (κ1) is 10.0. The van der Waals surface area contributed by atoms with Gasteiger partial charge >= 0.3 is 0 Å². The van der Waals surface area contributed by atoms with Gasteiger partial charge in [0.2, 0.25) is 0 Å². The molecule has 0 spiro atoms. The number of nitrogens with one attached hydrogen (secondary N) is 1. The predicted molar refractivity (Wildman–Crippen MR) is 49.8 cm³/mol. The molecule has 0 saturated carbocycles. The molecule has 1 fully saturated rings. The number of β-amino-alcohol motifs (C(OH)–C–C–N with tert-alkyl or cyclic N) is 1. The second kappa shape index (κ2) is 3.25. The molecule has 2 rings (SSSR count). The first-order chi connectivity index (χ1) is 7.04. The van der Waals surface area contributed by atoms with Crippen LogP contribution in [0.3, 0.4) is 0 Å². The lowest BCUT2D eigenvalue weighted by molar-refractivity contribution is -0.387. The van der Waals surface area contributed by atoms with E-state index in [0.29, 0.717) is 0 Å². The average Bonchev–Trinajstić information content (AvgIpc) is 2.14. The van der Waals surface area contributed by atoms with Gasteiger partial charge in [0.1, 0.15) is 11.4 Å². The summed E-state index contributed by atoms with van der Waals surface area (Å²) in [7, 11) is 0. The van der Waals surface area contributed by atoms with Gasteiger partial charge in [0.15, 0.2) is 0 Å². The van der Waals surface area contributed by atoms with E-state index in [-0.39, 0.29) is 24.3 Å². The minimum absolute atomic E-state index is 0.134. The molecule has 1 aromatic carbocycles. The molecule has 0 atom stereocenters.